The van der Waals surface area contributed by atoms with Gasteiger partial charge in [-0.05, 0) is 30.3 Å². The van der Waals surface area contributed by atoms with Crippen molar-refractivity contribution in [2.75, 3.05) is 38.3 Å². The summed E-state index contributed by atoms with van der Waals surface area (Å²) in [5.41, 5.74) is 0.878. The second-order valence-electron chi connectivity index (χ2n) is 6.53. The molecule has 4 rings (SSSR count). The molecule has 3 aromatic rings. The Hall–Kier alpha value is -2.42. The lowest BCUT2D eigenvalue weighted by atomic mass is 10.1. The molecule has 0 unspecified atom stereocenters. The molecule has 0 aliphatic carbocycles. The van der Waals surface area contributed by atoms with Gasteiger partial charge in [0.25, 0.3) is 0 Å². The van der Waals surface area contributed by atoms with Gasteiger partial charge in [0.2, 0.25) is 9.84 Å². The number of hydrogen-bond donors (Lipinski definition) is 0. The van der Waals surface area contributed by atoms with Crippen molar-refractivity contribution < 1.29 is 22.3 Å². The molecule has 2 aromatic carbocycles. The molecule has 1 fully saturated rings. The third-order valence-electron chi connectivity index (χ3n) is 4.82. The lowest BCUT2D eigenvalue weighted by Crippen LogP contribution is -2.37. The van der Waals surface area contributed by atoms with Crippen LogP contribution in [0.5, 0.6) is 5.75 Å². The fourth-order valence-corrected chi connectivity index (χ4v) is 5.17. The topological polar surface area (TPSA) is 68.7 Å². The molecule has 0 N–H and O–H groups in total. The Labute approximate surface area is 172 Å². The van der Waals surface area contributed by atoms with E-state index in [9.17, 15) is 12.8 Å². The highest BCUT2D eigenvalue weighted by Gasteiger charge is 2.28. The monoisotopic (exact) mass is 436 g/mol. The molecule has 2 heterocycles. The molecule has 0 amide bonds. The number of methoxy groups -OCH3 is 1. The molecule has 1 aromatic heterocycles. The number of sulfone groups is 1. The van der Waals surface area contributed by atoms with Gasteiger partial charge in [0.05, 0.1) is 41.4 Å². The van der Waals surface area contributed by atoms with Crippen molar-refractivity contribution in [1.29, 1.82) is 0 Å². The van der Waals surface area contributed by atoms with Crippen LogP contribution in [0.15, 0.2) is 52.4 Å². The van der Waals surface area contributed by atoms with Crippen LogP contribution in [0.3, 0.4) is 0 Å². The van der Waals surface area contributed by atoms with E-state index in [-0.39, 0.29) is 14.8 Å². The van der Waals surface area contributed by atoms with E-state index in [1.54, 1.807) is 6.07 Å². The number of halogens is 2. The molecular formula is C20H18ClFN2O4S. The zero-order valence-electron chi connectivity index (χ0n) is 15.6. The third-order valence-corrected chi connectivity index (χ3v) is 6.87. The molecule has 1 aliphatic rings. The van der Waals surface area contributed by atoms with Gasteiger partial charge in [0.1, 0.15) is 16.5 Å². The number of morpholine rings is 1. The van der Waals surface area contributed by atoms with Crippen LogP contribution >= 0.6 is 11.6 Å². The Balaban J connectivity index is 1.94. The maximum Gasteiger partial charge on any atom is 0.210 e. The van der Waals surface area contributed by atoms with E-state index in [1.165, 1.54) is 43.6 Å². The molecule has 0 atom stereocenters. The molecule has 9 heteroatoms. The van der Waals surface area contributed by atoms with E-state index in [1.807, 2.05) is 4.90 Å². The van der Waals surface area contributed by atoms with Gasteiger partial charge in [-0.3, -0.25) is 4.98 Å². The number of pyridine rings is 1. The fourth-order valence-electron chi connectivity index (χ4n) is 3.38. The maximum atomic E-state index is 13.7. The molecule has 0 radical (unpaired) electrons. The third kappa shape index (κ3) is 3.63. The first-order chi connectivity index (χ1) is 13.9. The average molecular weight is 437 g/mol. The van der Waals surface area contributed by atoms with Crippen LogP contribution in [-0.2, 0) is 14.6 Å². The zero-order valence-corrected chi connectivity index (χ0v) is 17.1. The number of anilines is 1. The number of aromatic nitrogens is 1. The lowest BCUT2D eigenvalue weighted by molar-refractivity contribution is 0.122. The number of benzene rings is 2. The molecule has 1 saturated heterocycles. The molecule has 29 heavy (non-hydrogen) atoms. The van der Waals surface area contributed by atoms with Crippen molar-refractivity contribution in [3.63, 3.8) is 0 Å². The van der Waals surface area contributed by atoms with E-state index in [4.69, 9.17) is 21.1 Å². The van der Waals surface area contributed by atoms with Gasteiger partial charge in [-0.15, -0.1) is 0 Å². The van der Waals surface area contributed by atoms with Gasteiger partial charge in [-0.1, -0.05) is 11.6 Å². The Morgan fingerprint density at radius 2 is 1.93 bits per heavy atom. The summed E-state index contributed by atoms with van der Waals surface area (Å²) in [6.45, 7) is 1.97. The molecular weight excluding hydrogens is 419 g/mol. The number of fused-ring (bicyclic) bond motifs is 1. The highest BCUT2D eigenvalue weighted by atomic mass is 35.5. The van der Waals surface area contributed by atoms with Crippen molar-refractivity contribution in [3.05, 3.63) is 53.4 Å². The van der Waals surface area contributed by atoms with Gasteiger partial charge >= 0.3 is 0 Å². The van der Waals surface area contributed by atoms with Crippen LogP contribution in [-0.4, -0.2) is 46.8 Å². The predicted molar refractivity (Wildman–Crippen MR) is 108 cm³/mol. The highest BCUT2D eigenvalue weighted by Crippen LogP contribution is 2.38. The first kappa shape index (κ1) is 19.9. The quantitative estimate of drug-likeness (QED) is 0.621. The summed E-state index contributed by atoms with van der Waals surface area (Å²) in [4.78, 5) is 6.21. The maximum absolute atomic E-state index is 13.7. The lowest BCUT2D eigenvalue weighted by Gasteiger charge is -2.31. The van der Waals surface area contributed by atoms with Crippen molar-refractivity contribution in [1.82, 2.24) is 4.98 Å². The predicted octanol–water partition coefficient (Wildman–Crippen LogP) is 3.71. The van der Waals surface area contributed by atoms with E-state index in [0.29, 0.717) is 48.6 Å². The summed E-state index contributed by atoms with van der Waals surface area (Å²) in [6.07, 6.45) is 1.28. The van der Waals surface area contributed by atoms with Gasteiger partial charge in [-0.2, -0.15) is 0 Å². The van der Waals surface area contributed by atoms with E-state index >= 15 is 0 Å². The van der Waals surface area contributed by atoms with Crippen molar-refractivity contribution in [2.24, 2.45) is 0 Å². The summed E-state index contributed by atoms with van der Waals surface area (Å²) in [7, 11) is -2.49. The molecule has 0 saturated carbocycles. The van der Waals surface area contributed by atoms with E-state index < -0.39 is 15.7 Å². The minimum Gasteiger partial charge on any atom is -0.495 e. The summed E-state index contributed by atoms with van der Waals surface area (Å²) in [5, 5.41) is 0.756. The molecule has 0 spiro atoms. The van der Waals surface area contributed by atoms with Crippen LogP contribution in [0, 0.1) is 5.82 Å². The Morgan fingerprint density at radius 1 is 1.17 bits per heavy atom. The van der Waals surface area contributed by atoms with Gasteiger partial charge in [0.15, 0.2) is 0 Å². The zero-order chi connectivity index (χ0) is 20.6. The van der Waals surface area contributed by atoms with Crippen LogP contribution in [0.25, 0.3) is 10.9 Å². The molecule has 6 nitrogen and oxygen atoms in total. The second kappa shape index (κ2) is 7.78. The van der Waals surface area contributed by atoms with Gasteiger partial charge in [0, 0.05) is 30.7 Å². The largest absolute Gasteiger partial charge is 0.495 e. The van der Waals surface area contributed by atoms with Crippen LogP contribution < -0.4 is 9.64 Å². The Morgan fingerprint density at radius 3 is 2.62 bits per heavy atom. The Bertz CT molecular complexity index is 1180. The standard InChI is InChI=1S/C20H18ClFN2O4S/c1-27-18-5-3-14(11-16(18)21)29(25,26)19-12-23-17-10-13(22)2-4-15(17)20(19)24-6-8-28-9-7-24/h2-5,10-12H,6-9H2,1H3. The van der Waals surface area contributed by atoms with Crippen LogP contribution in [0.2, 0.25) is 5.02 Å². The molecule has 1 aliphatic heterocycles. The Kier molecular flexibility index (Phi) is 5.33. The smallest absolute Gasteiger partial charge is 0.210 e. The fraction of sp³-hybridized carbons (Fsp3) is 0.250. The summed E-state index contributed by atoms with van der Waals surface area (Å²) < 4.78 is 51.2. The van der Waals surface area contributed by atoms with Crippen molar-refractivity contribution >= 4 is 38.0 Å². The summed E-state index contributed by atoms with van der Waals surface area (Å²) >= 11 is 6.15. The van der Waals surface area contributed by atoms with Crippen LogP contribution in [0.1, 0.15) is 0 Å². The number of ether oxygens (including phenoxy) is 2. The van der Waals surface area contributed by atoms with E-state index in [2.05, 4.69) is 4.98 Å². The number of hydrogen-bond acceptors (Lipinski definition) is 6. The SMILES string of the molecule is COc1ccc(S(=O)(=O)c2cnc3cc(F)ccc3c2N2CCOCC2)cc1Cl. The average Bonchev–Trinajstić information content (AvgIpc) is 2.73. The molecule has 0 bridgehead atoms. The number of nitrogens with zero attached hydrogens (tertiary/aromatic N) is 2. The minimum atomic E-state index is -3.95. The van der Waals surface area contributed by atoms with Gasteiger partial charge in [-0.25, -0.2) is 12.8 Å². The normalized spacial score (nSPS) is 14.9. The van der Waals surface area contributed by atoms with Crippen molar-refractivity contribution in [3.8, 4) is 5.75 Å². The first-order valence-corrected chi connectivity index (χ1v) is 10.8. The highest BCUT2D eigenvalue weighted by molar-refractivity contribution is 7.91. The summed E-state index contributed by atoms with van der Waals surface area (Å²) in [6, 6.07) is 8.45. The van der Waals surface area contributed by atoms with Gasteiger partial charge < -0.3 is 14.4 Å². The first-order valence-electron chi connectivity index (χ1n) is 8.91. The minimum absolute atomic E-state index is 0.0288. The summed E-state index contributed by atoms with van der Waals surface area (Å²) in [5.74, 6) is -0.0541. The second-order valence-corrected chi connectivity index (χ2v) is 8.86. The van der Waals surface area contributed by atoms with Crippen LogP contribution in [0.4, 0.5) is 10.1 Å². The number of rotatable bonds is 4. The molecule has 152 valence electrons. The van der Waals surface area contributed by atoms with Crippen molar-refractivity contribution in [2.45, 2.75) is 9.79 Å². The van der Waals surface area contributed by atoms with E-state index in [0.717, 1.165) is 0 Å².